The van der Waals surface area contributed by atoms with Crippen LogP contribution >= 0.6 is 0 Å². The third-order valence-corrected chi connectivity index (χ3v) is 3.06. The normalized spacial score (nSPS) is 25.5. The molecule has 102 valence electrons. The van der Waals surface area contributed by atoms with Gasteiger partial charge in [-0.2, -0.15) is 13.8 Å². The van der Waals surface area contributed by atoms with Crippen LogP contribution in [0, 0.1) is 5.92 Å². The van der Waals surface area contributed by atoms with E-state index in [9.17, 15) is 13.2 Å². The van der Waals surface area contributed by atoms with E-state index in [4.69, 9.17) is 10.3 Å². The van der Waals surface area contributed by atoms with Crippen molar-refractivity contribution in [2.24, 2.45) is 11.7 Å². The third kappa shape index (κ3) is 2.58. The molecule has 0 aliphatic carbocycles. The van der Waals surface area contributed by atoms with Gasteiger partial charge in [-0.15, -0.1) is 0 Å². The van der Waals surface area contributed by atoms with Crippen molar-refractivity contribution in [1.29, 1.82) is 0 Å². The van der Waals surface area contributed by atoms with Crippen LogP contribution in [0.15, 0.2) is 4.52 Å². The van der Waals surface area contributed by atoms with Crippen molar-refractivity contribution in [1.82, 2.24) is 10.1 Å². The second kappa shape index (κ2) is 4.75. The quantitative estimate of drug-likeness (QED) is 0.891. The monoisotopic (exact) mass is 264 g/mol. The first-order valence-corrected chi connectivity index (χ1v) is 5.73. The topological polar surface area (TPSA) is 68.2 Å². The van der Waals surface area contributed by atoms with Crippen LogP contribution < -0.4 is 10.6 Å². The molecule has 2 rings (SSSR count). The summed E-state index contributed by atoms with van der Waals surface area (Å²) in [6.45, 7) is 1.47. The Morgan fingerprint density at radius 3 is 2.78 bits per heavy atom. The number of anilines is 1. The fraction of sp³-hybridized carbons (Fsp3) is 0.800. The Morgan fingerprint density at radius 2 is 2.28 bits per heavy atom. The SMILES string of the molecule is CC(F)(F)c1noc(N2CCC(CN)[C@H](F)C2)n1. The molecular formula is C10H15F3N4O. The van der Waals surface area contributed by atoms with Crippen molar-refractivity contribution < 1.29 is 17.7 Å². The lowest BCUT2D eigenvalue weighted by molar-refractivity contribution is 0.00559. The first kappa shape index (κ1) is 13.1. The number of alkyl halides is 3. The van der Waals surface area contributed by atoms with Gasteiger partial charge in [-0.1, -0.05) is 5.16 Å². The lowest BCUT2D eigenvalue weighted by Gasteiger charge is -2.32. The fourth-order valence-corrected chi connectivity index (χ4v) is 1.91. The maximum Gasteiger partial charge on any atom is 0.324 e. The van der Waals surface area contributed by atoms with Crippen molar-refractivity contribution in [2.45, 2.75) is 25.4 Å². The minimum atomic E-state index is -3.16. The van der Waals surface area contributed by atoms with Crippen LogP contribution in [0.3, 0.4) is 0 Å². The lowest BCUT2D eigenvalue weighted by Crippen LogP contribution is -2.44. The van der Waals surface area contributed by atoms with Gasteiger partial charge >= 0.3 is 11.9 Å². The van der Waals surface area contributed by atoms with Crippen LogP contribution in [0.25, 0.3) is 0 Å². The van der Waals surface area contributed by atoms with Gasteiger partial charge in [0.05, 0.1) is 6.54 Å². The Morgan fingerprint density at radius 1 is 1.56 bits per heavy atom. The smallest absolute Gasteiger partial charge is 0.324 e. The van der Waals surface area contributed by atoms with E-state index in [0.29, 0.717) is 19.9 Å². The molecule has 1 fully saturated rings. The molecule has 18 heavy (non-hydrogen) atoms. The number of nitrogens with two attached hydrogens (primary N) is 1. The van der Waals surface area contributed by atoms with Crippen LogP contribution in [0.5, 0.6) is 0 Å². The van der Waals surface area contributed by atoms with E-state index >= 15 is 0 Å². The number of hydrogen-bond donors (Lipinski definition) is 1. The second-order valence-electron chi connectivity index (χ2n) is 4.54. The van der Waals surface area contributed by atoms with Crippen LogP contribution in [0.1, 0.15) is 19.2 Å². The minimum Gasteiger partial charge on any atom is -0.330 e. The highest BCUT2D eigenvalue weighted by Crippen LogP contribution is 2.28. The third-order valence-electron chi connectivity index (χ3n) is 3.06. The largest absolute Gasteiger partial charge is 0.330 e. The molecule has 0 saturated carbocycles. The molecule has 8 heteroatoms. The van der Waals surface area contributed by atoms with Crippen LogP contribution in [-0.4, -0.2) is 35.9 Å². The number of nitrogens with zero attached hydrogens (tertiary/aromatic N) is 3. The van der Waals surface area contributed by atoms with Crippen molar-refractivity contribution in [3.8, 4) is 0 Å². The zero-order chi connectivity index (χ0) is 13.3. The van der Waals surface area contributed by atoms with Crippen molar-refractivity contribution in [3.05, 3.63) is 5.82 Å². The predicted molar refractivity (Wildman–Crippen MR) is 58.1 cm³/mol. The summed E-state index contributed by atoms with van der Waals surface area (Å²) in [7, 11) is 0. The summed E-state index contributed by atoms with van der Waals surface area (Å²) in [5.74, 6) is -4.04. The average Bonchev–Trinajstić information content (AvgIpc) is 2.77. The first-order valence-electron chi connectivity index (χ1n) is 5.73. The molecular weight excluding hydrogens is 249 g/mol. The molecule has 1 aliphatic rings. The molecule has 1 aromatic heterocycles. The van der Waals surface area contributed by atoms with Gasteiger partial charge in [0, 0.05) is 19.4 Å². The highest BCUT2D eigenvalue weighted by molar-refractivity contribution is 5.27. The lowest BCUT2D eigenvalue weighted by atomic mass is 9.95. The molecule has 1 aliphatic heterocycles. The Labute approximate surface area is 102 Å². The Hall–Kier alpha value is -1.31. The molecule has 1 aromatic rings. The standard InChI is InChI=1S/C10H15F3N4O/c1-10(12,13)8-15-9(18-16-8)17-3-2-6(4-14)7(11)5-17/h6-7H,2-5,14H2,1H3/t6?,7-/m1/s1. The predicted octanol–water partition coefficient (Wildman–Crippen LogP) is 1.30. The van der Waals surface area contributed by atoms with Crippen molar-refractivity contribution in [3.63, 3.8) is 0 Å². The summed E-state index contributed by atoms with van der Waals surface area (Å²) in [5, 5.41) is 3.20. The highest BCUT2D eigenvalue weighted by atomic mass is 19.3. The Kier molecular flexibility index (Phi) is 3.47. The second-order valence-corrected chi connectivity index (χ2v) is 4.54. The number of halogens is 3. The molecule has 1 unspecified atom stereocenters. The molecule has 0 bridgehead atoms. The zero-order valence-corrected chi connectivity index (χ0v) is 9.94. The minimum absolute atomic E-state index is 0.0405. The molecule has 2 N–H and O–H groups in total. The maximum atomic E-state index is 13.7. The van der Waals surface area contributed by atoms with Crippen LogP contribution in [0.4, 0.5) is 19.2 Å². The van der Waals surface area contributed by atoms with Gasteiger partial charge in [-0.05, 0) is 13.0 Å². The van der Waals surface area contributed by atoms with E-state index in [2.05, 4.69) is 10.1 Å². The number of hydrogen-bond acceptors (Lipinski definition) is 5. The van der Waals surface area contributed by atoms with E-state index in [1.807, 2.05) is 0 Å². The van der Waals surface area contributed by atoms with Crippen molar-refractivity contribution >= 4 is 6.01 Å². The van der Waals surface area contributed by atoms with Crippen LogP contribution in [0.2, 0.25) is 0 Å². The average molecular weight is 264 g/mol. The molecule has 0 aromatic carbocycles. The van der Waals surface area contributed by atoms with E-state index in [-0.39, 0.29) is 25.0 Å². The van der Waals surface area contributed by atoms with Crippen molar-refractivity contribution in [2.75, 3.05) is 24.5 Å². The van der Waals surface area contributed by atoms with E-state index in [0.717, 1.165) is 0 Å². The van der Waals surface area contributed by atoms with Gasteiger partial charge < -0.3 is 15.2 Å². The fourth-order valence-electron chi connectivity index (χ4n) is 1.91. The summed E-state index contributed by atoms with van der Waals surface area (Å²) in [5.41, 5.74) is 5.43. The molecule has 0 amide bonds. The number of rotatable bonds is 3. The van der Waals surface area contributed by atoms with Gasteiger partial charge in [0.25, 0.3) is 0 Å². The highest BCUT2D eigenvalue weighted by Gasteiger charge is 2.34. The van der Waals surface area contributed by atoms with Gasteiger partial charge in [0.15, 0.2) is 0 Å². The summed E-state index contributed by atoms with van der Waals surface area (Å²) in [6, 6.07) is -0.0651. The molecule has 2 heterocycles. The van der Waals surface area contributed by atoms with Gasteiger partial charge in [-0.25, -0.2) is 4.39 Å². The Balaban J connectivity index is 2.07. The number of piperidine rings is 1. The van der Waals surface area contributed by atoms with Gasteiger partial charge in [0.1, 0.15) is 6.17 Å². The van der Waals surface area contributed by atoms with E-state index < -0.39 is 17.9 Å². The Bertz CT molecular complexity index is 406. The molecule has 2 atom stereocenters. The molecule has 1 saturated heterocycles. The molecule has 5 nitrogen and oxygen atoms in total. The molecule has 0 radical (unpaired) electrons. The van der Waals surface area contributed by atoms with E-state index in [1.54, 1.807) is 0 Å². The number of aromatic nitrogens is 2. The summed E-state index contributed by atoms with van der Waals surface area (Å²) in [6.07, 6.45) is -0.570. The van der Waals surface area contributed by atoms with E-state index in [1.165, 1.54) is 4.90 Å². The summed E-state index contributed by atoms with van der Waals surface area (Å²) < 4.78 is 44.3. The van der Waals surface area contributed by atoms with Gasteiger partial charge in [0.2, 0.25) is 5.82 Å². The molecule has 0 spiro atoms. The zero-order valence-electron chi connectivity index (χ0n) is 9.94. The van der Waals surface area contributed by atoms with Crippen LogP contribution in [-0.2, 0) is 5.92 Å². The maximum absolute atomic E-state index is 13.7. The summed E-state index contributed by atoms with van der Waals surface area (Å²) >= 11 is 0. The van der Waals surface area contributed by atoms with Gasteiger partial charge in [-0.3, -0.25) is 0 Å². The first-order chi connectivity index (χ1) is 8.41. The summed E-state index contributed by atoms with van der Waals surface area (Å²) in [4.78, 5) is 5.06.